The summed E-state index contributed by atoms with van der Waals surface area (Å²) in [6, 6.07) is 11.0. The lowest BCUT2D eigenvalue weighted by Crippen LogP contribution is -2.36. The number of aromatic nitrogens is 4. The summed E-state index contributed by atoms with van der Waals surface area (Å²) in [4.78, 5) is 18.7. The fraction of sp³-hybridized carbons (Fsp3) is 0.400. The Balaban J connectivity index is 1.62. The number of nitrogens with one attached hydrogen (secondary N) is 2. The van der Waals surface area contributed by atoms with Gasteiger partial charge in [-0.2, -0.15) is 0 Å². The van der Waals surface area contributed by atoms with Crippen molar-refractivity contribution < 1.29 is 0 Å². The maximum absolute atomic E-state index is 4.78. The Hall–Kier alpha value is -2.40. The lowest BCUT2D eigenvalue weighted by molar-refractivity contribution is 0.168. The SMILES string of the molecule is CCc1nc(CN2CCc3[nH]cnc3C2Cc2ccccc2)c(C)[nH]1. The van der Waals surface area contributed by atoms with Gasteiger partial charge in [-0.05, 0) is 18.9 Å². The molecule has 5 heteroatoms. The quantitative estimate of drug-likeness (QED) is 0.752. The van der Waals surface area contributed by atoms with E-state index in [1.165, 1.54) is 22.6 Å². The molecule has 0 saturated carbocycles. The van der Waals surface area contributed by atoms with Crippen LogP contribution in [0.2, 0.25) is 0 Å². The van der Waals surface area contributed by atoms with Crippen molar-refractivity contribution in [3.63, 3.8) is 0 Å². The molecule has 5 nitrogen and oxygen atoms in total. The summed E-state index contributed by atoms with van der Waals surface area (Å²) in [7, 11) is 0. The predicted molar refractivity (Wildman–Crippen MR) is 98.3 cm³/mol. The second kappa shape index (κ2) is 6.84. The first kappa shape index (κ1) is 16.1. The first-order valence-corrected chi connectivity index (χ1v) is 9.09. The predicted octanol–water partition coefficient (Wildman–Crippen LogP) is 3.35. The lowest BCUT2D eigenvalue weighted by Gasteiger charge is -2.34. The minimum Gasteiger partial charge on any atom is -0.348 e. The molecule has 3 heterocycles. The number of aromatic amines is 2. The molecule has 0 fully saturated rings. The van der Waals surface area contributed by atoms with E-state index in [1.54, 1.807) is 0 Å². The summed E-state index contributed by atoms with van der Waals surface area (Å²) in [6.45, 7) is 6.15. The number of aryl methyl sites for hydroxylation is 2. The molecule has 0 bridgehead atoms. The van der Waals surface area contributed by atoms with Crippen LogP contribution in [-0.2, 0) is 25.8 Å². The van der Waals surface area contributed by atoms with Crippen LogP contribution >= 0.6 is 0 Å². The Labute approximate surface area is 148 Å². The van der Waals surface area contributed by atoms with Gasteiger partial charge < -0.3 is 9.97 Å². The topological polar surface area (TPSA) is 60.6 Å². The van der Waals surface area contributed by atoms with Crippen LogP contribution in [0.5, 0.6) is 0 Å². The number of H-pyrrole nitrogens is 2. The maximum Gasteiger partial charge on any atom is 0.106 e. The third kappa shape index (κ3) is 3.24. The Bertz CT molecular complexity index is 833. The molecule has 1 aliphatic rings. The molecule has 4 rings (SSSR count). The fourth-order valence-corrected chi connectivity index (χ4v) is 3.73. The smallest absolute Gasteiger partial charge is 0.106 e. The number of rotatable bonds is 5. The molecule has 0 saturated heterocycles. The molecule has 3 aromatic rings. The van der Waals surface area contributed by atoms with E-state index in [9.17, 15) is 0 Å². The van der Waals surface area contributed by atoms with Crippen molar-refractivity contribution in [3.05, 3.63) is 70.8 Å². The zero-order chi connectivity index (χ0) is 17.2. The number of imidazole rings is 2. The third-order valence-electron chi connectivity index (χ3n) is 5.15. The van der Waals surface area contributed by atoms with Crippen LogP contribution in [0.25, 0.3) is 0 Å². The molecule has 0 radical (unpaired) electrons. The van der Waals surface area contributed by atoms with Crippen molar-refractivity contribution in [3.8, 4) is 0 Å². The minimum absolute atomic E-state index is 0.290. The minimum atomic E-state index is 0.290. The third-order valence-corrected chi connectivity index (χ3v) is 5.15. The summed E-state index contributed by atoms with van der Waals surface area (Å²) >= 11 is 0. The van der Waals surface area contributed by atoms with Crippen molar-refractivity contribution in [2.24, 2.45) is 0 Å². The van der Waals surface area contributed by atoms with Crippen molar-refractivity contribution >= 4 is 0 Å². The van der Waals surface area contributed by atoms with Crippen LogP contribution in [0.3, 0.4) is 0 Å². The summed E-state index contributed by atoms with van der Waals surface area (Å²) < 4.78 is 0. The summed E-state index contributed by atoms with van der Waals surface area (Å²) in [5, 5.41) is 0. The van der Waals surface area contributed by atoms with E-state index in [-0.39, 0.29) is 0 Å². The van der Waals surface area contributed by atoms with E-state index in [0.29, 0.717) is 6.04 Å². The van der Waals surface area contributed by atoms with Gasteiger partial charge in [0.2, 0.25) is 0 Å². The van der Waals surface area contributed by atoms with Gasteiger partial charge in [0.15, 0.2) is 0 Å². The number of hydrogen-bond acceptors (Lipinski definition) is 3. The van der Waals surface area contributed by atoms with Crippen LogP contribution < -0.4 is 0 Å². The summed E-state index contributed by atoms with van der Waals surface area (Å²) in [5.41, 5.74) is 6.17. The molecule has 25 heavy (non-hydrogen) atoms. The highest BCUT2D eigenvalue weighted by Gasteiger charge is 2.30. The van der Waals surface area contributed by atoms with Gasteiger partial charge >= 0.3 is 0 Å². The fourth-order valence-electron chi connectivity index (χ4n) is 3.73. The average molecular weight is 335 g/mol. The van der Waals surface area contributed by atoms with E-state index in [1.807, 2.05) is 6.33 Å². The van der Waals surface area contributed by atoms with E-state index >= 15 is 0 Å². The molecular weight excluding hydrogens is 310 g/mol. The van der Waals surface area contributed by atoms with Gasteiger partial charge in [-0.15, -0.1) is 0 Å². The molecule has 1 unspecified atom stereocenters. The zero-order valence-electron chi connectivity index (χ0n) is 14.9. The highest BCUT2D eigenvalue weighted by Crippen LogP contribution is 2.31. The Kier molecular flexibility index (Phi) is 4.40. The first-order chi connectivity index (χ1) is 12.2. The molecule has 2 N–H and O–H groups in total. The van der Waals surface area contributed by atoms with E-state index in [2.05, 4.69) is 64.0 Å². The zero-order valence-corrected chi connectivity index (χ0v) is 14.9. The number of fused-ring (bicyclic) bond motifs is 1. The van der Waals surface area contributed by atoms with Gasteiger partial charge in [-0.25, -0.2) is 9.97 Å². The molecule has 1 atom stereocenters. The Morgan fingerprint density at radius 1 is 1.24 bits per heavy atom. The molecule has 2 aromatic heterocycles. The van der Waals surface area contributed by atoms with Crippen LogP contribution in [0, 0.1) is 6.92 Å². The summed E-state index contributed by atoms with van der Waals surface area (Å²) in [6.07, 6.45) is 4.77. The molecule has 130 valence electrons. The highest BCUT2D eigenvalue weighted by molar-refractivity contribution is 5.25. The molecule has 1 aromatic carbocycles. The Morgan fingerprint density at radius 3 is 2.84 bits per heavy atom. The summed E-state index contributed by atoms with van der Waals surface area (Å²) in [5.74, 6) is 1.07. The van der Waals surface area contributed by atoms with Crippen LogP contribution in [0.1, 0.15) is 47.1 Å². The largest absolute Gasteiger partial charge is 0.348 e. The van der Waals surface area contributed by atoms with Gasteiger partial charge in [0.25, 0.3) is 0 Å². The maximum atomic E-state index is 4.78. The lowest BCUT2D eigenvalue weighted by atomic mass is 9.96. The first-order valence-electron chi connectivity index (χ1n) is 9.09. The molecular formula is C20H25N5. The van der Waals surface area contributed by atoms with Crippen LogP contribution in [0.4, 0.5) is 0 Å². The second-order valence-corrected chi connectivity index (χ2v) is 6.80. The van der Waals surface area contributed by atoms with Crippen molar-refractivity contribution in [2.75, 3.05) is 6.54 Å². The standard InChI is InChI=1S/C20H25N5/c1-3-19-23-14(2)17(24-19)12-25-10-9-16-20(22-13-21-16)18(25)11-15-7-5-4-6-8-15/h4-8,13,18H,3,9-12H2,1-2H3,(H,21,22)(H,23,24). The number of benzene rings is 1. The second-order valence-electron chi connectivity index (χ2n) is 6.80. The van der Waals surface area contributed by atoms with Crippen LogP contribution in [0.15, 0.2) is 36.7 Å². The van der Waals surface area contributed by atoms with Gasteiger partial charge in [-0.1, -0.05) is 37.3 Å². The average Bonchev–Trinajstić information content (AvgIpc) is 3.24. The van der Waals surface area contributed by atoms with E-state index in [0.717, 1.165) is 43.9 Å². The number of hydrogen-bond donors (Lipinski definition) is 2. The van der Waals surface area contributed by atoms with Crippen molar-refractivity contribution in [1.29, 1.82) is 0 Å². The molecule has 0 spiro atoms. The highest BCUT2D eigenvalue weighted by atomic mass is 15.2. The van der Waals surface area contributed by atoms with Crippen molar-refractivity contribution in [2.45, 2.75) is 45.7 Å². The van der Waals surface area contributed by atoms with Gasteiger partial charge in [-0.3, -0.25) is 4.90 Å². The van der Waals surface area contributed by atoms with Gasteiger partial charge in [0.05, 0.1) is 23.8 Å². The monoisotopic (exact) mass is 335 g/mol. The number of nitrogens with zero attached hydrogens (tertiary/aromatic N) is 3. The Morgan fingerprint density at radius 2 is 2.08 bits per heavy atom. The van der Waals surface area contributed by atoms with Crippen LogP contribution in [-0.4, -0.2) is 31.4 Å². The molecule has 0 amide bonds. The van der Waals surface area contributed by atoms with Gasteiger partial charge in [0.1, 0.15) is 5.82 Å². The van der Waals surface area contributed by atoms with Gasteiger partial charge in [0, 0.05) is 37.3 Å². The van der Waals surface area contributed by atoms with E-state index < -0.39 is 0 Å². The van der Waals surface area contributed by atoms with Crippen molar-refractivity contribution in [1.82, 2.24) is 24.8 Å². The normalized spacial score (nSPS) is 17.6. The molecule has 1 aliphatic heterocycles. The molecule has 0 aliphatic carbocycles. The van der Waals surface area contributed by atoms with E-state index in [4.69, 9.17) is 4.98 Å².